The summed E-state index contributed by atoms with van der Waals surface area (Å²) in [7, 11) is 0. The van der Waals surface area contributed by atoms with Crippen LogP contribution in [0.4, 0.5) is 17.6 Å². The van der Waals surface area contributed by atoms with Crippen molar-refractivity contribution >= 4 is 40.2 Å². The highest BCUT2D eigenvalue weighted by molar-refractivity contribution is 7.99. The lowest BCUT2D eigenvalue weighted by atomic mass is 10.0. The molecule has 1 heterocycles. The molecule has 0 spiro atoms. The van der Waals surface area contributed by atoms with Crippen LogP contribution in [-0.4, -0.2) is 27.9 Å². The first-order valence-electron chi connectivity index (χ1n) is 12.9. The highest BCUT2D eigenvalue weighted by atomic mass is 35.5. The maximum atomic E-state index is 15.3. The summed E-state index contributed by atoms with van der Waals surface area (Å²) in [6, 6.07) is 14.8. The largest absolute Gasteiger partial charge is 0.416 e. The first-order chi connectivity index (χ1) is 19.1. The zero-order valence-electron chi connectivity index (χ0n) is 21.6. The van der Waals surface area contributed by atoms with Gasteiger partial charge in [-0.25, -0.2) is 4.39 Å². The number of aliphatic hydroxyl groups is 1. The maximum Gasteiger partial charge on any atom is 0.416 e. The third-order valence-corrected chi connectivity index (χ3v) is 8.12. The van der Waals surface area contributed by atoms with Gasteiger partial charge in [0.15, 0.2) is 0 Å². The van der Waals surface area contributed by atoms with Crippen LogP contribution in [0.2, 0.25) is 5.02 Å². The number of halogens is 5. The van der Waals surface area contributed by atoms with Crippen molar-refractivity contribution in [1.82, 2.24) is 9.88 Å². The Hall–Kier alpha value is -3.01. The molecule has 4 nitrogen and oxygen atoms in total. The van der Waals surface area contributed by atoms with E-state index in [1.807, 2.05) is 35.8 Å². The summed E-state index contributed by atoms with van der Waals surface area (Å²) in [6.45, 7) is 1.67. The molecule has 1 fully saturated rings. The molecule has 0 bridgehead atoms. The number of carbonyl (C=O) groups is 1. The molecule has 2 N–H and O–H groups in total. The van der Waals surface area contributed by atoms with Gasteiger partial charge >= 0.3 is 6.18 Å². The Morgan fingerprint density at radius 1 is 1.12 bits per heavy atom. The molecule has 210 valence electrons. The second-order valence-electron chi connectivity index (χ2n) is 9.81. The van der Waals surface area contributed by atoms with Gasteiger partial charge in [-0.1, -0.05) is 36.7 Å². The summed E-state index contributed by atoms with van der Waals surface area (Å²) in [6.07, 6.45) is -2.94. The van der Waals surface area contributed by atoms with E-state index in [2.05, 4.69) is 5.32 Å². The van der Waals surface area contributed by atoms with Gasteiger partial charge in [-0.2, -0.15) is 13.2 Å². The smallest absolute Gasteiger partial charge is 0.394 e. The van der Waals surface area contributed by atoms with Gasteiger partial charge in [0.25, 0.3) is 5.91 Å². The average molecular weight is 591 g/mol. The monoisotopic (exact) mass is 590 g/mol. The van der Waals surface area contributed by atoms with Crippen LogP contribution in [0.15, 0.2) is 65.6 Å². The molecule has 1 aliphatic rings. The number of hydrogen-bond acceptors (Lipinski definition) is 3. The third kappa shape index (κ3) is 6.01. The van der Waals surface area contributed by atoms with Gasteiger partial charge in [-0.3, -0.25) is 4.79 Å². The standard InChI is InChI=1S/C30H27ClF4N2O2S/c1-2-40-23-9-4-17(5-10-23)27(16-38)36-29(39)24-13-19-12-22(37(21-7-8-21)28(19)15-26(24)32)11-18-3-6-20(31)14-25(18)30(33,34)35/h3-6,9-10,12-15,21,27,38H,2,7-8,11,16H2,1H3,(H,36,39). The fraction of sp³-hybridized carbons (Fsp3) is 0.300. The number of alkyl halides is 3. The van der Waals surface area contributed by atoms with Gasteiger partial charge in [0, 0.05) is 33.5 Å². The summed E-state index contributed by atoms with van der Waals surface area (Å²) >= 11 is 7.52. The summed E-state index contributed by atoms with van der Waals surface area (Å²) < 4.78 is 58.4. The van der Waals surface area contributed by atoms with E-state index in [9.17, 15) is 23.1 Å². The number of aromatic nitrogens is 1. The van der Waals surface area contributed by atoms with E-state index in [4.69, 9.17) is 11.6 Å². The average Bonchev–Trinajstić information content (AvgIpc) is 3.69. The van der Waals surface area contributed by atoms with E-state index in [-0.39, 0.29) is 35.2 Å². The van der Waals surface area contributed by atoms with Crippen LogP contribution in [0.1, 0.15) is 64.6 Å². The lowest BCUT2D eigenvalue weighted by Gasteiger charge is -2.18. The normalized spacial score (nSPS) is 14.5. The van der Waals surface area contributed by atoms with Crippen LogP contribution in [0.25, 0.3) is 10.9 Å². The molecule has 0 aliphatic heterocycles. The van der Waals surface area contributed by atoms with Crippen molar-refractivity contribution in [3.05, 3.63) is 99.5 Å². The van der Waals surface area contributed by atoms with Gasteiger partial charge in [0.1, 0.15) is 5.82 Å². The minimum Gasteiger partial charge on any atom is -0.394 e. The highest BCUT2D eigenvalue weighted by Crippen LogP contribution is 2.42. The molecule has 1 amide bonds. The number of thioether (sulfide) groups is 1. The second-order valence-corrected chi connectivity index (χ2v) is 11.6. The Bertz CT molecular complexity index is 1550. The van der Waals surface area contributed by atoms with Crippen molar-refractivity contribution in [2.45, 2.75) is 49.3 Å². The number of benzene rings is 3. The van der Waals surface area contributed by atoms with Crippen LogP contribution in [0, 0.1) is 5.82 Å². The number of nitrogens with zero attached hydrogens (tertiary/aromatic N) is 1. The summed E-state index contributed by atoms with van der Waals surface area (Å²) in [4.78, 5) is 14.2. The Labute approximate surface area is 238 Å². The van der Waals surface area contributed by atoms with E-state index in [0.29, 0.717) is 22.2 Å². The number of fused-ring (bicyclic) bond motifs is 1. The summed E-state index contributed by atoms with van der Waals surface area (Å²) in [5, 5.41) is 13.2. The van der Waals surface area contributed by atoms with Crippen molar-refractivity contribution in [2.75, 3.05) is 12.4 Å². The molecule has 1 aromatic heterocycles. The Balaban J connectivity index is 1.46. The summed E-state index contributed by atoms with van der Waals surface area (Å²) in [5.74, 6) is -0.525. The molecule has 4 aromatic rings. The number of amides is 1. The molecule has 10 heteroatoms. The fourth-order valence-corrected chi connectivity index (χ4v) is 5.81. The van der Waals surface area contributed by atoms with E-state index in [1.54, 1.807) is 17.8 Å². The van der Waals surface area contributed by atoms with Crippen molar-refractivity contribution in [3.8, 4) is 0 Å². The third-order valence-electron chi connectivity index (χ3n) is 6.99. The molecule has 1 unspecified atom stereocenters. The zero-order valence-corrected chi connectivity index (χ0v) is 23.1. The molecule has 3 aromatic carbocycles. The van der Waals surface area contributed by atoms with Crippen LogP contribution in [-0.2, 0) is 12.6 Å². The predicted molar refractivity (Wildman–Crippen MR) is 150 cm³/mol. The van der Waals surface area contributed by atoms with Crippen molar-refractivity contribution < 1.29 is 27.5 Å². The van der Waals surface area contributed by atoms with Gasteiger partial charge in [0.2, 0.25) is 0 Å². The van der Waals surface area contributed by atoms with Crippen molar-refractivity contribution in [3.63, 3.8) is 0 Å². The van der Waals surface area contributed by atoms with E-state index >= 15 is 4.39 Å². The van der Waals surface area contributed by atoms with E-state index in [1.165, 1.54) is 24.3 Å². The molecule has 1 atom stereocenters. The Morgan fingerprint density at radius 2 is 1.85 bits per heavy atom. The maximum absolute atomic E-state index is 15.3. The molecule has 1 aliphatic carbocycles. The van der Waals surface area contributed by atoms with Crippen LogP contribution in [0.5, 0.6) is 0 Å². The highest BCUT2D eigenvalue weighted by Gasteiger charge is 2.35. The number of carbonyl (C=O) groups excluding carboxylic acids is 1. The molecule has 5 rings (SSSR count). The van der Waals surface area contributed by atoms with Crippen molar-refractivity contribution in [2.24, 2.45) is 0 Å². The summed E-state index contributed by atoms with van der Waals surface area (Å²) in [5.41, 5.74) is 0.858. The fourth-order valence-electron chi connectivity index (χ4n) is 4.98. The first-order valence-corrected chi connectivity index (χ1v) is 14.3. The van der Waals surface area contributed by atoms with Crippen molar-refractivity contribution in [1.29, 1.82) is 0 Å². The molecular weight excluding hydrogens is 564 g/mol. The second kappa shape index (κ2) is 11.5. The zero-order chi connectivity index (χ0) is 28.6. The van der Waals surface area contributed by atoms with Crippen LogP contribution < -0.4 is 5.32 Å². The van der Waals surface area contributed by atoms with Gasteiger partial charge < -0.3 is 15.0 Å². The number of rotatable bonds is 9. The van der Waals surface area contributed by atoms with Crippen LogP contribution >= 0.6 is 23.4 Å². The van der Waals surface area contributed by atoms with Crippen LogP contribution in [0.3, 0.4) is 0 Å². The Kier molecular flexibility index (Phi) is 8.17. The SMILES string of the molecule is CCSc1ccc(C(CO)NC(=O)c2cc3cc(Cc4ccc(Cl)cc4C(F)(F)F)n(C4CC4)c3cc2F)cc1. The predicted octanol–water partition coefficient (Wildman–Crippen LogP) is 7.95. The molecule has 0 saturated heterocycles. The molecule has 0 radical (unpaired) electrons. The number of hydrogen-bond donors (Lipinski definition) is 2. The first kappa shape index (κ1) is 28.5. The number of nitrogens with one attached hydrogen (secondary N) is 1. The number of aliphatic hydroxyl groups excluding tert-OH is 1. The van der Waals surface area contributed by atoms with Gasteiger partial charge in [-0.15, -0.1) is 11.8 Å². The van der Waals surface area contributed by atoms with E-state index in [0.717, 1.165) is 29.6 Å². The van der Waals surface area contributed by atoms with Gasteiger partial charge in [-0.05, 0) is 72.2 Å². The minimum absolute atomic E-state index is 0.00601. The lowest BCUT2D eigenvalue weighted by molar-refractivity contribution is -0.138. The minimum atomic E-state index is -4.58. The molecule has 1 saturated carbocycles. The lowest BCUT2D eigenvalue weighted by Crippen LogP contribution is -2.31. The quantitative estimate of drug-likeness (QED) is 0.154. The van der Waals surface area contributed by atoms with Gasteiger partial charge in [0.05, 0.1) is 29.3 Å². The van der Waals surface area contributed by atoms with E-state index < -0.39 is 29.5 Å². The molecule has 40 heavy (non-hydrogen) atoms. The topological polar surface area (TPSA) is 54.3 Å². The molecular formula is C30H27ClF4N2O2S. The Morgan fingerprint density at radius 3 is 2.48 bits per heavy atom.